The van der Waals surface area contributed by atoms with Crippen LogP contribution < -0.4 is 5.32 Å². The molecule has 5 nitrogen and oxygen atoms in total. The van der Waals surface area contributed by atoms with E-state index in [2.05, 4.69) is 21.5 Å². The highest BCUT2D eigenvalue weighted by Gasteiger charge is 2.06. The van der Waals surface area contributed by atoms with Crippen molar-refractivity contribution in [1.82, 2.24) is 14.8 Å². The number of carbonyl (C=O) groups excluding carboxylic acids is 1. The van der Waals surface area contributed by atoms with Gasteiger partial charge < -0.3 is 5.32 Å². The standard InChI is InChI=1S/C19H20N4O/c1-14-12-15(2)23(22-14)18-8-5-16(6-9-18)7-10-19(24)21-17-4-3-11-20-13-17/h3-6,8-9,11-13H,7,10H2,1-2H3,(H,21,24). The van der Waals surface area contributed by atoms with Crippen LogP contribution in [0.4, 0.5) is 5.69 Å². The lowest BCUT2D eigenvalue weighted by atomic mass is 10.1. The molecular formula is C19H20N4O. The minimum Gasteiger partial charge on any atom is -0.325 e. The number of hydrogen-bond donors (Lipinski definition) is 1. The van der Waals surface area contributed by atoms with Gasteiger partial charge in [-0.2, -0.15) is 5.10 Å². The average Bonchev–Trinajstić information content (AvgIpc) is 2.93. The molecule has 0 unspecified atom stereocenters. The summed E-state index contributed by atoms with van der Waals surface area (Å²) in [7, 11) is 0. The number of nitrogens with one attached hydrogen (secondary N) is 1. The van der Waals surface area contributed by atoms with Gasteiger partial charge in [-0.3, -0.25) is 9.78 Å². The normalized spacial score (nSPS) is 10.6. The molecule has 0 radical (unpaired) electrons. The van der Waals surface area contributed by atoms with Crippen LogP contribution in [-0.2, 0) is 11.2 Å². The van der Waals surface area contributed by atoms with Gasteiger partial charge in [0, 0.05) is 18.3 Å². The Hall–Kier alpha value is -2.95. The van der Waals surface area contributed by atoms with Gasteiger partial charge in [-0.05, 0) is 56.2 Å². The molecule has 122 valence electrons. The summed E-state index contributed by atoms with van der Waals surface area (Å²) in [6.45, 7) is 4.02. The maximum atomic E-state index is 12.0. The zero-order chi connectivity index (χ0) is 16.9. The Morgan fingerprint density at radius 1 is 1.17 bits per heavy atom. The van der Waals surface area contributed by atoms with Crippen molar-refractivity contribution in [2.24, 2.45) is 0 Å². The van der Waals surface area contributed by atoms with E-state index in [0.29, 0.717) is 12.8 Å². The molecule has 0 bridgehead atoms. The van der Waals surface area contributed by atoms with E-state index < -0.39 is 0 Å². The molecule has 1 N–H and O–H groups in total. The summed E-state index contributed by atoms with van der Waals surface area (Å²) < 4.78 is 1.92. The Morgan fingerprint density at radius 3 is 2.58 bits per heavy atom. The summed E-state index contributed by atoms with van der Waals surface area (Å²) in [5, 5.41) is 7.32. The molecule has 1 aromatic carbocycles. The third kappa shape index (κ3) is 3.87. The highest BCUT2D eigenvalue weighted by atomic mass is 16.1. The number of amides is 1. The lowest BCUT2D eigenvalue weighted by Crippen LogP contribution is -2.12. The van der Waals surface area contributed by atoms with Gasteiger partial charge in [-0.15, -0.1) is 0 Å². The fourth-order valence-corrected chi connectivity index (χ4v) is 2.61. The molecule has 5 heteroatoms. The molecule has 0 aliphatic carbocycles. The lowest BCUT2D eigenvalue weighted by molar-refractivity contribution is -0.116. The van der Waals surface area contributed by atoms with E-state index >= 15 is 0 Å². The number of aryl methyl sites for hydroxylation is 3. The van der Waals surface area contributed by atoms with Gasteiger partial charge in [-0.25, -0.2) is 4.68 Å². The van der Waals surface area contributed by atoms with E-state index in [1.807, 2.05) is 48.9 Å². The minimum atomic E-state index is -0.00868. The number of carbonyl (C=O) groups is 1. The molecule has 0 atom stereocenters. The zero-order valence-electron chi connectivity index (χ0n) is 13.9. The minimum absolute atomic E-state index is 0.00868. The number of rotatable bonds is 5. The summed E-state index contributed by atoms with van der Waals surface area (Å²) >= 11 is 0. The molecule has 2 heterocycles. The quantitative estimate of drug-likeness (QED) is 0.783. The third-order valence-corrected chi connectivity index (χ3v) is 3.78. The molecule has 0 saturated carbocycles. The summed E-state index contributed by atoms with van der Waals surface area (Å²) in [5.41, 5.74) is 4.99. The van der Waals surface area contributed by atoms with Crippen LogP contribution in [-0.4, -0.2) is 20.7 Å². The van der Waals surface area contributed by atoms with E-state index in [-0.39, 0.29) is 5.91 Å². The van der Waals surface area contributed by atoms with Gasteiger partial charge in [0.1, 0.15) is 0 Å². The predicted octanol–water partition coefficient (Wildman–Crippen LogP) is 3.46. The first-order valence-corrected chi connectivity index (χ1v) is 7.94. The fraction of sp³-hybridized carbons (Fsp3) is 0.211. The molecular weight excluding hydrogens is 300 g/mol. The summed E-state index contributed by atoms with van der Waals surface area (Å²) in [5.74, 6) is -0.00868. The van der Waals surface area contributed by atoms with Gasteiger partial charge in [0.25, 0.3) is 0 Å². The molecule has 3 aromatic rings. The molecule has 24 heavy (non-hydrogen) atoms. The maximum absolute atomic E-state index is 12.0. The van der Waals surface area contributed by atoms with Crippen molar-refractivity contribution in [2.75, 3.05) is 5.32 Å². The summed E-state index contributed by atoms with van der Waals surface area (Å²) in [6.07, 6.45) is 4.46. The van der Waals surface area contributed by atoms with E-state index in [4.69, 9.17) is 0 Å². The topological polar surface area (TPSA) is 59.8 Å². The van der Waals surface area contributed by atoms with Gasteiger partial charge in [-0.1, -0.05) is 12.1 Å². The Labute approximate surface area is 141 Å². The zero-order valence-corrected chi connectivity index (χ0v) is 13.9. The predicted molar refractivity (Wildman–Crippen MR) is 94.2 cm³/mol. The van der Waals surface area contributed by atoms with Crippen LogP contribution in [0, 0.1) is 13.8 Å². The van der Waals surface area contributed by atoms with Crippen LogP contribution in [0.5, 0.6) is 0 Å². The Balaban J connectivity index is 1.58. The molecule has 0 fully saturated rings. The third-order valence-electron chi connectivity index (χ3n) is 3.78. The van der Waals surface area contributed by atoms with Crippen LogP contribution in [0.2, 0.25) is 0 Å². The SMILES string of the molecule is Cc1cc(C)n(-c2ccc(CCC(=O)Nc3cccnc3)cc2)n1. The molecule has 2 aromatic heterocycles. The van der Waals surface area contributed by atoms with E-state index in [0.717, 1.165) is 28.3 Å². The molecule has 0 aliphatic rings. The van der Waals surface area contributed by atoms with Gasteiger partial charge in [0.15, 0.2) is 0 Å². The largest absolute Gasteiger partial charge is 0.325 e. The van der Waals surface area contributed by atoms with E-state index in [9.17, 15) is 4.79 Å². The summed E-state index contributed by atoms with van der Waals surface area (Å²) in [4.78, 5) is 15.9. The highest BCUT2D eigenvalue weighted by Crippen LogP contribution is 2.14. The number of benzene rings is 1. The molecule has 0 aliphatic heterocycles. The number of aromatic nitrogens is 3. The molecule has 0 spiro atoms. The monoisotopic (exact) mass is 320 g/mol. The van der Waals surface area contributed by atoms with Crippen molar-refractivity contribution in [3.8, 4) is 5.69 Å². The Bertz CT molecular complexity index is 822. The van der Waals surface area contributed by atoms with Gasteiger partial charge in [0.05, 0.1) is 23.3 Å². The van der Waals surface area contributed by atoms with Crippen molar-refractivity contribution >= 4 is 11.6 Å². The smallest absolute Gasteiger partial charge is 0.224 e. The Morgan fingerprint density at radius 2 is 1.96 bits per heavy atom. The lowest BCUT2D eigenvalue weighted by Gasteiger charge is -2.07. The summed E-state index contributed by atoms with van der Waals surface area (Å²) in [6, 6.07) is 13.8. The van der Waals surface area contributed by atoms with Crippen molar-refractivity contribution in [1.29, 1.82) is 0 Å². The molecule has 3 rings (SSSR count). The highest BCUT2D eigenvalue weighted by molar-refractivity contribution is 5.90. The van der Waals surface area contributed by atoms with Gasteiger partial charge >= 0.3 is 0 Å². The van der Waals surface area contributed by atoms with Crippen LogP contribution in [0.1, 0.15) is 23.4 Å². The number of pyridine rings is 1. The first-order chi connectivity index (χ1) is 11.6. The van der Waals surface area contributed by atoms with Gasteiger partial charge in [0.2, 0.25) is 5.91 Å². The van der Waals surface area contributed by atoms with Crippen molar-refractivity contribution < 1.29 is 4.79 Å². The average molecular weight is 320 g/mol. The second-order valence-corrected chi connectivity index (χ2v) is 5.80. The van der Waals surface area contributed by atoms with E-state index in [1.54, 1.807) is 18.5 Å². The fourth-order valence-electron chi connectivity index (χ4n) is 2.61. The van der Waals surface area contributed by atoms with Crippen LogP contribution in [0.15, 0.2) is 54.9 Å². The van der Waals surface area contributed by atoms with Crippen molar-refractivity contribution in [3.05, 3.63) is 71.8 Å². The number of anilines is 1. The molecule has 0 saturated heterocycles. The van der Waals surface area contributed by atoms with Crippen LogP contribution >= 0.6 is 0 Å². The maximum Gasteiger partial charge on any atom is 0.224 e. The number of nitrogens with zero attached hydrogens (tertiary/aromatic N) is 3. The van der Waals surface area contributed by atoms with Crippen LogP contribution in [0.25, 0.3) is 5.69 Å². The van der Waals surface area contributed by atoms with E-state index in [1.165, 1.54) is 0 Å². The Kier molecular flexibility index (Phi) is 4.70. The second kappa shape index (κ2) is 7.08. The number of hydrogen-bond acceptors (Lipinski definition) is 3. The van der Waals surface area contributed by atoms with Crippen molar-refractivity contribution in [2.45, 2.75) is 26.7 Å². The second-order valence-electron chi connectivity index (χ2n) is 5.80. The van der Waals surface area contributed by atoms with Crippen molar-refractivity contribution in [3.63, 3.8) is 0 Å². The first kappa shape index (κ1) is 15.9. The van der Waals surface area contributed by atoms with Crippen LogP contribution in [0.3, 0.4) is 0 Å². The first-order valence-electron chi connectivity index (χ1n) is 7.94. The molecule has 1 amide bonds.